The minimum Gasteiger partial charge on any atom is -0.396 e. The van der Waals surface area contributed by atoms with Crippen molar-refractivity contribution in [2.45, 2.75) is 45.6 Å². The van der Waals surface area contributed by atoms with Gasteiger partial charge in [-0.2, -0.15) is 0 Å². The highest BCUT2D eigenvalue weighted by Gasteiger charge is 2.38. The van der Waals surface area contributed by atoms with Crippen molar-refractivity contribution < 1.29 is 9.90 Å². The Morgan fingerprint density at radius 1 is 1.53 bits per heavy atom. The van der Waals surface area contributed by atoms with Gasteiger partial charge in [0.25, 0.3) is 0 Å². The molecular weight excluding hydrogens is 236 g/mol. The van der Waals surface area contributed by atoms with E-state index in [1.807, 2.05) is 4.90 Å². The number of carbonyl (C=O) groups excluding carboxylic acids is 1. The first-order chi connectivity index (χ1) is 7.91. The third-order valence-electron chi connectivity index (χ3n) is 3.50. The molecule has 4 nitrogen and oxygen atoms in total. The van der Waals surface area contributed by atoms with Crippen molar-refractivity contribution in [1.82, 2.24) is 4.90 Å². The molecule has 0 aromatic heterocycles. The molecule has 0 aromatic carbocycles. The summed E-state index contributed by atoms with van der Waals surface area (Å²) < 4.78 is 0. The minimum atomic E-state index is -0.791. The second kappa shape index (κ2) is 5.78. The second-order valence-corrected chi connectivity index (χ2v) is 5.59. The van der Waals surface area contributed by atoms with Crippen LogP contribution in [0.4, 0.5) is 0 Å². The first-order valence-corrected chi connectivity index (χ1v) is 6.54. The molecule has 1 rings (SSSR count). The number of nitrogens with zero attached hydrogens (tertiary/aromatic N) is 1. The summed E-state index contributed by atoms with van der Waals surface area (Å²) in [7, 11) is 0. The summed E-state index contributed by atoms with van der Waals surface area (Å²) in [5, 5.41) is 9.04. The molecule has 0 aromatic rings. The molecule has 5 heteroatoms. The van der Waals surface area contributed by atoms with Gasteiger partial charge in [0, 0.05) is 19.2 Å². The first kappa shape index (κ1) is 14.4. The molecule has 1 aliphatic heterocycles. The van der Waals surface area contributed by atoms with E-state index in [-0.39, 0.29) is 23.5 Å². The standard InChI is InChI=1S/C12H22N2O2S/c1-12(2,10(13)17)11(16)14-7-4-3-5-9(14)6-8-15/h9,15H,3-8H2,1-2H3,(H2,13,17). The van der Waals surface area contributed by atoms with Crippen molar-refractivity contribution in [1.29, 1.82) is 0 Å². The summed E-state index contributed by atoms with van der Waals surface area (Å²) in [5.74, 6) is -0.0110. The van der Waals surface area contributed by atoms with Crippen LogP contribution in [0.1, 0.15) is 39.5 Å². The number of hydrogen-bond donors (Lipinski definition) is 2. The first-order valence-electron chi connectivity index (χ1n) is 6.13. The molecule has 1 fully saturated rings. The Bertz CT molecular complexity index is 303. The molecule has 0 aliphatic carbocycles. The maximum atomic E-state index is 12.4. The smallest absolute Gasteiger partial charge is 0.235 e. The van der Waals surface area contributed by atoms with Crippen LogP contribution in [0.2, 0.25) is 0 Å². The van der Waals surface area contributed by atoms with E-state index >= 15 is 0 Å². The van der Waals surface area contributed by atoms with Gasteiger partial charge in [-0.1, -0.05) is 12.2 Å². The van der Waals surface area contributed by atoms with Gasteiger partial charge in [0.1, 0.15) is 0 Å². The molecule has 0 bridgehead atoms. The molecule has 0 spiro atoms. The Labute approximate surface area is 108 Å². The Kier molecular flexibility index (Phi) is 4.89. The van der Waals surface area contributed by atoms with Crippen molar-refractivity contribution in [2.24, 2.45) is 11.1 Å². The molecular formula is C12H22N2O2S. The highest BCUT2D eigenvalue weighted by Crippen LogP contribution is 2.26. The van der Waals surface area contributed by atoms with Crippen LogP contribution in [0.3, 0.4) is 0 Å². The van der Waals surface area contributed by atoms with Crippen molar-refractivity contribution in [3.05, 3.63) is 0 Å². The summed E-state index contributed by atoms with van der Waals surface area (Å²) >= 11 is 4.96. The molecule has 0 radical (unpaired) electrons. The average Bonchev–Trinajstić information content (AvgIpc) is 2.29. The van der Waals surface area contributed by atoms with Gasteiger partial charge in [0.15, 0.2) is 0 Å². The van der Waals surface area contributed by atoms with Crippen LogP contribution in [0.15, 0.2) is 0 Å². The fraction of sp³-hybridized carbons (Fsp3) is 0.833. The monoisotopic (exact) mass is 258 g/mol. The summed E-state index contributed by atoms with van der Waals surface area (Å²) in [6.07, 6.45) is 3.72. The quantitative estimate of drug-likeness (QED) is 0.740. The van der Waals surface area contributed by atoms with E-state index in [9.17, 15) is 4.79 Å². The van der Waals surface area contributed by atoms with Crippen molar-refractivity contribution in [3.63, 3.8) is 0 Å². The van der Waals surface area contributed by atoms with E-state index in [0.717, 1.165) is 25.8 Å². The fourth-order valence-corrected chi connectivity index (χ4v) is 2.27. The van der Waals surface area contributed by atoms with Gasteiger partial charge in [-0.05, 0) is 39.5 Å². The Morgan fingerprint density at radius 2 is 2.18 bits per heavy atom. The van der Waals surface area contributed by atoms with E-state index in [0.29, 0.717) is 6.42 Å². The predicted molar refractivity (Wildman–Crippen MR) is 71.6 cm³/mol. The molecule has 17 heavy (non-hydrogen) atoms. The van der Waals surface area contributed by atoms with Crippen LogP contribution in [0.25, 0.3) is 0 Å². The number of likely N-dealkylation sites (tertiary alicyclic amines) is 1. The van der Waals surface area contributed by atoms with E-state index < -0.39 is 5.41 Å². The van der Waals surface area contributed by atoms with Gasteiger partial charge in [-0.3, -0.25) is 4.79 Å². The van der Waals surface area contributed by atoms with Gasteiger partial charge < -0.3 is 15.7 Å². The number of carbonyl (C=O) groups is 1. The van der Waals surface area contributed by atoms with E-state index in [1.54, 1.807) is 13.8 Å². The highest BCUT2D eigenvalue weighted by atomic mass is 32.1. The minimum absolute atomic E-state index is 0.0110. The molecule has 1 aliphatic rings. The van der Waals surface area contributed by atoms with Crippen LogP contribution < -0.4 is 5.73 Å². The normalized spacial score (nSPS) is 21.4. The lowest BCUT2D eigenvalue weighted by Crippen LogP contribution is -2.52. The van der Waals surface area contributed by atoms with Crippen molar-refractivity contribution >= 4 is 23.1 Å². The summed E-state index contributed by atoms with van der Waals surface area (Å²) in [4.78, 5) is 14.5. The van der Waals surface area contributed by atoms with Crippen LogP contribution in [-0.4, -0.2) is 40.1 Å². The van der Waals surface area contributed by atoms with Crippen LogP contribution in [0, 0.1) is 5.41 Å². The lowest BCUT2D eigenvalue weighted by atomic mass is 9.88. The SMILES string of the molecule is CC(C)(C(=O)N1CCCCC1CCO)C(N)=S. The number of aliphatic hydroxyl groups is 1. The molecule has 0 saturated carbocycles. The maximum absolute atomic E-state index is 12.4. The largest absolute Gasteiger partial charge is 0.396 e. The van der Waals surface area contributed by atoms with Crippen LogP contribution >= 0.6 is 12.2 Å². The number of amides is 1. The topological polar surface area (TPSA) is 66.6 Å². The second-order valence-electron chi connectivity index (χ2n) is 5.15. The third-order valence-corrected chi connectivity index (χ3v) is 4.01. The van der Waals surface area contributed by atoms with Crippen molar-refractivity contribution in [3.8, 4) is 0 Å². The average molecular weight is 258 g/mol. The van der Waals surface area contributed by atoms with Gasteiger partial charge >= 0.3 is 0 Å². The van der Waals surface area contributed by atoms with E-state index in [4.69, 9.17) is 23.1 Å². The predicted octanol–water partition coefficient (Wildman–Crippen LogP) is 1.06. The molecule has 1 atom stereocenters. The van der Waals surface area contributed by atoms with Gasteiger partial charge in [0.2, 0.25) is 5.91 Å². The third kappa shape index (κ3) is 3.16. The Balaban J connectivity index is 2.81. The van der Waals surface area contributed by atoms with Crippen molar-refractivity contribution in [2.75, 3.05) is 13.2 Å². The molecule has 98 valence electrons. The summed E-state index contributed by atoms with van der Waals surface area (Å²) in [5.41, 5.74) is 4.84. The zero-order valence-corrected chi connectivity index (χ0v) is 11.4. The number of piperidine rings is 1. The molecule has 3 N–H and O–H groups in total. The molecule has 1 saturated heterocycles. The number of rotatable bonds is 4. The molecule has 1 amide bonds. The zero-order valence-electron chi connectivity index (χ0n) is 10.6. The highest BCUT2D eigenvalue weighted by molar-refractivity contribution is 7.80. The van der Waals surface area contributed by atoms with Gasteiger partial charge in [-0.15, -0.1) is 0 Å². The maximum Gasteiger partial charge on any atom is 0.235 e. The van der Waals surface area contributed by atoms with Crippen LogP contribution in [0.5, 0.6) is 0 Å². The van der Waals surface area contributed by atoms with Gasteiger partial charge in [-0.25, -0.2) is 0 Å². The van der Waals surface area contributed by atoms with Gasteiger partial charge in [0.05, 0.1) is 10.4 Å². The van der Waals surface area contributed by atoms with E-state index in [2.05, 4.69) is 0 Å². The molecule has 1 unspecified atom stereocenters. The number of aliphatic hydroxyl groups excluding tert-OH is 1. The lowest BCUT2D eigenvalue weighted by molar-refractivity contribution is -0.141. The van der Waals surface area contributed by atoms with Crippen LogP contribution in [-0.2, 0) is 4.79 Å². The Morgan fingerprint density at radius 3 is 2.71 bits per heavy atom. The summed E-state index contributed by atoms with van der Waals surface area (Å²) in [6, 6.07) is 0.134. The zero-order chi connectivity index (χ0) is 13.1. The molecule has 1 heterocycles. The van der Waals surface area contributed by atoms with E-state index in [1.165, 1.54) is 0 Å². The lowest BCUT2D eigenvalue weighted by Gasteiger charge is -2.39. The summed E-state index contributed by atoms with van der Waals surface area (Å²) in [6.45, 7) is 4.39. The number of nitrogens with two attached hydrogens (primary N) is 1. The number of thiocarbonyl (C=S) groups is 1. The number of hydrogen-bond acceptors (Lipinski definition) is 3. The Hall–Kier alpha value is -0.680. The fourth-order valence-electron chi connectivity index (χ4n) is 2.18.